The number of carbonyl (C=O) groups excluding carboxylic acids is 3. The fourth-order valence-electron chi connectivity index (χ4n) is 4.61. The lowest BCUT2D eigenvalue weighted by atomic mass is 9.87. The number of urea groups is 1. The van der Waals surface area contributed by atoms with E-state index in [0.29, 0.717) is 25.9 Å². The molecule has 1 spiro atoms. The first-order valence-corrected chi connectivity index (χ1v) is 10.4. The number of hydrogen-bond acceptors (Lipinski definition) is 4. The lowest BCUT2D eigenvalue weighted by molar-refractivity contribution is -0.144. The van der Waals surface area contributed by atoms with E-state index in [9.17, 15) is 14.4 Å². The van der Waals surface area contributed by atoms with Gasteiger partial charge in [0.1, 0.15) is 5.54 Å². The molecular formula is C20H34N4O3. The third-order valence-electron chi connectivity index (χ3n) is 6.13. The van der Waals surface area contributed by atoms with Crippen molar-refractivity contribution in [3.8, 4) is 0 Å². The molecule has 7 nitrogen and oxygen atoms in total. The van der Waals surface area contributed by atoms with E-state index in [0.717, 1.165) is 38.9 Å². The number of piperidine rings is 2. The lowest BCUT2D eigenvalue weighted by Gasteiger charge is -2.40. The molecule has 27 heavy (non-hydrogen) atoms. The topological polar surface area (TPSA) is 73.0 Å². The first-order valence-electron chi connectivity index (χ1n) is 10.4. The van der Waals surface area contributed by atoms with E-state index >= 15 is 0 Å². The second kappa shape index (κ2) is 7.41. The van der Waals surface area contributed by atoms with Gasteiger partial charge in [0, 0.05) is 31.6 Å². The van der Waals surface area contributed by atoms with Gasteiger partial charge in [0.25, 0.3) is 5.91 Å². The molecule has 3 aliphatic rings. The van der Waals surface area contributed by atoms with E-state index in [-0.39, 0.29) is 23.9 Å². The van der Waals surface area contributed by atoms with E-state index in [2.05, 4.69) is 17.1 Å². The molecule has 3 heterocycles. The zero-order chi connectivity index (χ0) is 19.8. The Morgan fingerprint density at radius 3 is 2.44 bits per heavy atom. The Morgan fingerprint density at radius 2 is 1.85 bits per heavy atom. The second-order valence-corrected chi connectivity index (χ2v) is 9.33. The number of nitrogens with one attached hydrogen (secondary N) is 1. The zero-order valence-corrected chi connectivity index (χ0v) is 17.2. The fraction of sp³-hybridized carbons (Fsp3) is 0.850. The van der Waals surface area contributed by atoms with Crippen LogP contribution < -0.4 is 5.32 Å². The molecule has 0 saturated carbocycles. The van der Waals surface area contributed by atoms with Crippen LogP contribution in [0.25, 0.3) is 0 Å². The normalized spacial score (nSPS) is 26.6. The van der Waals surface area contributed by atoms with E-state index in [4.69, 9.17) is 0 Å². The van der Waals surface area contributed by atoms with Crippen LogP contribution >= 0.6 is 0 Å². The molecular weight excluding hydrogens is 344 g/mol. The Balaban J connectivity index is 1.69. The fourth-order valence-corrected chi connectivity index (χ4v) is 4.61. The maximum Gasteiger partial charge on any atom is 0.325 e. The van der Waals surface area contributed by atoms with Gasteiger partial charge >= 0.3 is 6.03 Å². The number of hydrogen-bond donors (Lipinski definition) is 1. The first-order chi connectivity index (χ1) is 12.7. The summed E-state index contributed by atoms with van der Waals surface area (Å²) >= 11 is 0. The maximum absolute atomic E-state index is 13.3. The van der Waals surface area contributed by atoms with Crippen molar-refractivity contribution in [2.75, 3.05) is 32.7 Å². The van der Waals surface area contributed by atoms with Crippen molar-refractivity contribution in [1.29, 1.82) is 0 Å². The van der Waals surface area contributed by atoms with Gasteiger partial charge in [-0.1, -0.05) is 27.7 Å². The van der Waals surface area contributed by atoms with Crippen molar-refractivity contribution >= 4 is 17.8 Å². The predicted octanol–water partition coefficient (Wildman–Crippen LogP) is 1.82. The van der Waals surface area contributed by atoms with Crippen LogP contribution in [-0.2, 0) is 9.59 Å². The van der Waals surface area contributed by atoms with Crippen molar-refractivity contribution in [2.45, 2.75) is 71.4 Å². The van der Waals surface area contributed by atoms with Gasteiger partial charge < -0.3 is 15.1 Å². The first kappa shape index (κ1) is 20.1. The predicted molar refractivity (Wildman–Crippen MR) is 103 cm³/mol. The summed E-state index contributed by atoms with van der Waals surface area (Å²) in [4.78, 5) is 44.2. The van der Waals surface area contributed by atoms with Gasteiger partial charge in [-0.05, 0) is 38.6 Å². The minimum atomic E-state index is -0.738. The van der Waals surface area contributed by atoms with Gasteiger partial charge in [-0.15, -0.1) is 0 Å². The Labute approximate surface area is 162 Å². The van der Waals surface area contributed by atoms with Crippen LogP contribution in [0.1, 0.15) is 59.8 Å². The van der Waals surface area contributed by atoms with Gasteiger partial charge in [0.05, 0.1) is 6.04 Å². The number of carbonyl (C=O) groups is 3. The van der Waals surface area contributed by atoms with Gasteiger partial charge in [0.15, 0.2) is 0 Å². The number of likely N-dealkylation sites (tertiary alicyclic amines) is 2. The highest BCUT2D eigenvalue weighted by atomic mass is 16.2. The molecule has 3 rings (SSSR count). The minimum absolute atomic E-state index is 0.0845. The molecule has 3 saturated heterocycles. The number of rotatable bonds is 3. The number of nitrogens with zero attached hydrogens (tertiary/aromatic N) is 3. The molecule has 4 amide bonds. The summed E-state index contributed by atoms with van der Waals surface area (Å²) in [5, 5.41) is 3.01. The molecule has 7 heteroatoms. The SMILES string of the molecule is CCCN1CCC2(CC1)NC(=O)N(C1CCCN(C(=O)C(C)(C)C)C1)C2=O. The quantitative estimate of drug-likeness (QED) is 0.761. The molecule has 152 valence electrons. The Bertz CT molecular complexity index is 605. The molecule has 1 N–H and O–H groups in total. The molecule has 1 unspecified atom stereocenters. The smallest absolute Gasteiger partial charge is 0.325 e. The number of imide groups is 1. The van der Waals surface area contributed by atoms with E-state index in [1.165, 1.54) is 4.90 Å². The van der Waals surface area contributed by atoms with E-state index in [1.807, 2.05) is 25.7 Å². The van der Waals surface area contributed by atoms with Crippen LogP contribution in [0.2, 0.25) is 0 Å². The van der Waals surface area contributed by atoms with Crippen molar-refractivity contribution in [2.24, 2.45) is 5.41 Å². The van der Waals surface area contributed by atoms with E-state index < -0.39 is 11.0 Å². The lowest BCUT2D eigenvalue weighted by Crippen LogP contribution is -2.57. The molecule has 0 aliphatic carbocycles. The zero-order valence-electron chi connectivity index (χ0n) is 17.2. The van der Waals surface area contributed by atoms with Crippen molar-refractivity contribution in [1.82, 2.24) is 20.0 Å². The largest absolute Gasteiger partial charge is 0.340 e. The molecule has 1 atom stereocenters. The highest BCUT2D eigenvalue weighted by molar-refractivity contribution is 6.07. The molecule has 0 radical (unpaired) electrons. The maximum atomic E-state index is 13.3. The summed E-state index contributed by atoms with van der Waals surface area (Å²) in [6.45, 7) is 11.8. The van der Waals surface area contributed by atoms with E-state index in [1.54, 1.807) is 0 Å². The summed E-state index contributed by atoms with van der Waals surface area (Å²) in [6, 6.07) is -0.496. The average Bonchev–Trinajstić information content (AvgIpc) is 2.86. The van der Waals surface area contributed by atoms with Crippen LogP contribution in [0.5, 0.6) is 0 Å². The standard InChI is InChI=1S/C20H34N4O3/c1-5-10-22-12-8-20(9-13-22)17(26)24(18(27)21-20)15-7-6-11-23(14-15)16(25)19(2,3)4/h15H,5-14H2,1-4H3,(H,21,27). The second-order valence-electron chi connectivity index (χ2n) is 9.33. The summed E-state index contributed by atoms with van der Waals surface area (Å²) in [5.74, 6) is 0.000507. The molecule has 0 aromatic carbocycles. The van der Waals surface area contributed by atoms with Gasteiger partial charge in [-0.3, -0.25) is 14.5 Å². The van der Waals surface area contributed by atoms with Gasteiger partial charge in [-0.2, -0.15) is 0 Å². The monoisotopic (exact) mass is 378 g/mol. The minimum Gasteiger partial charge on any atom is -0.340 e. The summed E-state index contributed by atoms with van der Waals surface area (Å²) in [6.07, 6.45) is 4.03. The number of amides is 4. The summed E-state index contributed by atoms with van der Waals surface area (Å²) in [5.41, 5.74) is -1.19. The average molecular weight is 379 g/mol. The molecule has 3 fully saturated rings. The van der Waals surface area contributed by atoms with Crippen LogP contribution in [-0.4, -0.2) is 76.8 Å². The van der Waals surface area contributed by atoms with Crippen molar-refractivity contribution in [3.63, 3.8) is 0 Å². The van der Waals surface area contributed by atoms with Crippen molar-refractivity contribution in [3.05, 3.63) is 0 Å². The Kier molecular flexibility index (Phi) is 5.52. The van der Waals surface area contributed by atoms with Crippen LogP contribution in [0.3, 0.4) is 0 Å². The van der Waals surface area contributed by atoms with Crippen LogP contribution in [0, 0.1) is 5.41 Å². The third kappa shape index (κ3) is 3.84. The molecule has 3 aliphatic heterocycles. The van der Waals surface area contributed by atoms with Crippen molar-refractivity contribution < 1.29 is 14.4 Å². The molecule has 0 aromatic rings. The van der Waals surface area contributed by atoms with Crippen LogP contribution in [0.4, 0.5) is 4.79 Å². The Hall–Kier alpha value is -1.63. The summed E-state index contributed by atoms with van der Waals surface area (Å²) < 4.78 is 0. The van der Waals surface area contributed by atoms with Crippen LogP contribution in [0.15, 0.2) is 0 Å². The molecule has 0 aromatic heterocycles. The highest BCUT2D eigenvalue weighted by Crippen LogP contribution is 2.33. The third-order valence-corrected chi connectivity index (χ3v) is 6.13. The van der Waals surface area contributed by atoms with Gasteiger partial charge in [0.2, 0.25) is 5.91 Å². The molecule has 0 bridgehead atoms. The van der Waals surface area contributed by atoms with Gasteiger partial charge in [-0.25, -0.2) is 4.79 Å². The summed E-state index contributed by atoms with van der Waals surface area (Å²) in [7, 11) is 0. The highest BCUT2D eigenvalue weighted by Gasteiger charge is 2.54. The Morgan fingerprint density at radius 1 is 1.19 bits per heavy atom.